The second kappa shape index (κ2) is 10.9. The van der Waals surface area contributed by atoms with Crippen molar-refractivity contribution in [3.63, 3.8) is 0 Å². The van der Waals surface area contributed by atoms with E-state index in [0.29, 0.717) is 11.7 Å². The molecule has 2 aliphatic rings. The van der Waals surface area contributed by atoms with Gasteiger partial charge in [0.25, 0.3) is 0 Å². The zero-order chi connectivity index (χ0) is 27.8. The van der Waals surface area contributed by atoms with Gasteiger partial charge in [0.2, 0.25) is 0 Å². The lowest BCUT2D eigenvalue weighted by atomic mass is 9.98. The number of rotatable bonds is 7. The number of fused-ring (bicyclic) bond motifs is 1. The number of aromatic nitrogens is 4. The molecule has 0 spiro atoms. The van der Waals surface area contributed by atoms with Crippen LogP contribution in [0.4, 0.5) is 11.5 Å². The predicted molar refractivity (Wildman–Crippen MR) is 157 cm³/mol. The molecule has 9 nitrogen and oxygen atoms in total. The van der Waals surface area contributed by atoms with Crippen molar-refractivity contribution in [3.05, 3.63) is 60.0 Å². The van der Waals surface area contributed by atoms with Gasteiger partial charge < -0.3 is 19.6 Å². The lowest BCUT2D eigenvalue weighted by Crippen LogP contribution is -2.37. The molecule has 0 atom stereocenters. The summed E-state index contributed by atoms with van der Waals surface area (Å²) >= 11 is 0. The second-order valence-corrected chi connectivity index (χ2v) is 11.1. The molecule has 0 unspecified atom stereocenters. The number of hydrogen-bond donors (Lipinski definition) is 1. The molecule has 9 heteroatoms. The summed E-state index contributed by atoms with van der Waals surface area (Å²) in [6.07, 6.45) is 6.17. The van der Waals surface area contributed by atoms with Crippen LogP contribution >= 0.6 is 0 Å². The zero-order valence-corrected chi connectivity index (χ0v) is 23.4. The Balaban J connectivity index is 1.47. The van der Waals surface area contributed by atoms with E-state index in [9.17, 15) is 9.90 Å². The Kier molecular flexibility index (Phi) is 7.14. The lowest BCUT2D eigenvalue weighted by Gasteiger charge is -2.32. The van der Waals surface area contributed by atoms with E-state index in [1.54, 1.807) is 10.7 Å². The summed E-state index contributed by atoms with van der Waals surface area (Å²) in [7, 11) is 2.07. The largest absolute Gasteiger partial charge is 0.477 e. The van der Waals surface area contributed by atoms with Gasteiger partial charge in [0.05, 0.1) is 16.8 Å². The average Bonchev–Trinajstić information content (AvgIpc) is 3.66. The van der Waals surface area contributed by atoms with Gasteiger partial charge in [-0.15, -0.1) is 0 Å². The highest BCUT2D eigenvalue weighted by atomic mass is 16.5. The quantitative estimate of drug-likeness (QED) is 0.327. The van der Waals surface area contributed by atoms with E-state index < -0.39 is 5.97 Å². The minimum atomic E-state index is -1.07. The molecule has 1 aromatic carbocycles. The highest BCUT2D eigenvalue weighted by Crippen LogP contribution is 2.36. The molecule has 4 aromatic rings. The normalized spacial score (nSPS) is 16.2. The third-order valence-corrected chi connectivity index (χ3v) is 8.14. The Bertz CT molecular complexity index is 1520. The number of carboxylic acid groups (broad SMARTS) is 1. The number of nitrogens with zero attached hydrogens (tertiary/aromatic N) is 6. The van der Waals surface area contributed by atoms with Crippen molar-refractivity contribution in [2.45, 2.75) is 51.5 Å². The Morgan fingerprint density at radius 2 is 1.82 bits per heavy atom. The molecular formula is C31H36N6O3. The Morgan fingerprint density at radius 1 is 1.07 bits per heavy atom. The summed E-state index contributed by atoms with van der Waals surface area (Å²) in [5.74, 6) is -0.0804. The van der Waals surface area contributed by atoms with Gasteiger partial charge in [-0.3, -0.25) is 0 Å². The van der Waals surface area contributed by atoms with Crippen LogP contribution in [0.1, 0.15) is 61.6 Å². The van der Waals surface area contributed by atoms with Gasteiger partial charge in [0, 0.05) is 56.8 Å². The fourth-order valence-electron chi connectivity index (χ4n) is 5.87. The second-order valence-electron chi connectivity index (χ2n) is 11.1. The van der Waals surface area contributed by atoms with Gasteiger partial charge in [0.15, 0.2) is 11.3 Å². The first-order valence-corrected chi connectivity index (χ1v) is 14.2. The zero-order valence-electron chi connectivity index (χ0n) is 23.4. The molecule has 208 valence electrons. The fourth-order valence-corrected chi connectivity index (χ4v) is 5.87. The molecule has 0 bridgehead atoms. The van der Waals surface area contributed by atoms with Gasteiger partial charge in [-0.05, 0) is 73.6 Å². The van der Waals surface area contributed by atoms with Crippen LogP contribution in [-0.4, -0.2) is 70.2 Å². The maximum Gasteiger partial charge on any atom is 0.354 e. The van der Waals surface area contributed by atoms with E-state index in [4.69, 9.17) is 14.8 Å². The van der Waals surface area contributed by atoms with E-state index >= 15 is 0 Å². The smallest absolute Gasteiger partial charge is 0.354 e. The van der Waals surface area contributed by atoms with E-state index in [1.165, 1.54) is 12.8 Å². The Labute approximate surface area is 234 Å². The summed E-state index contributed by atoms with van der Waals surface area (Å²) in [6, 6.07) is 14.4. The molecule has 0 amide bonds. The van der Waals surface area contributed by atoms with Crippen LogP contribution in [0, 0.1) is 0 Å². The van der Waals surface area contributed by atoms with Crippen molar-refractivity contribution >= 4 is 28.5 Å². The summed E-state index contributed by atoms with van der Waals surface area (Å²) in [5.41, 5.74) is 5.04. The van der Waals surface area contributed by atoms with Crippen LogP contribution in [0.3, 0.4) is 0 Å². The number of benzene rings is 1. The van der Waals surface area contributed by atoms with Gasteiger partial charge in [-0.1, -0.05) is 19.9 Å². The average molecular weight is 541 g/mol. The minimum absolute atomic E-state index is 0.0157. The number of ether oxygens (including phenoxy) is 1. The van der Waals surface area contributed by atoms with Crippen molar-refractivity contribution in [3.8, 4) is 16.8 Å². The SMILES string of the molecule is CC(C)c1nn(-c2cccc(N3CCCC3)c2)c2nc(C(=O)O)cc(-c3ccc(N(C)C4CCOCC4)nc3)c12. The third-order valence-electron chi connectivity index (χ3n) is 8.14. The number of anilines is 2. The first kappa shape index (κ1) is 26.3. The van der Waals surface area contributed by atoms with Crippen molar-refractivity contribution < 1.29 is 14.6 Å². The summed E-state index contributed by atoms with van der Waals surface area (Å²) < 4.78 is 7.33. The molecule has 5 heterocycles. The lowest BCUT2D eigenvalue weighted by molar-refractivity contribution is 0.0691. The highest BCUT2D eigenvalue weighted by Gasteiger charge is 2.24. The van der Waals surface area contributed by atoms with Gasteiger partial charge in [0.1, 0.15) is 5.82 Å². The van der Waals surface area contributed by atoms with E-state index in [-0.39, 0.29) is 11.6 Å². The summed E-state index contributed by atoms with van der Waals surface area (Å²) in [6.45, 7) is 7.82. The molecule has 3 aromatic heterocycles. The molecule has 2 saturated heterocycles. The number of carboxylic acids is 1. The van der Waals surface area contributed by atoms with Crippen LogP contribution in [-0.2, 0) is 4.74 Å². The molecule has 40 heavy (non-hydrogen) atoms. The van der Waals surface area contributed by atoms with E-state index in [0.717, 1.165) is 78.5 Å². The molecule has 0 aliphatic carbocycles. The maximum absolute atomic E-state index is 12.2. The van der Waals surface area contributed by atoms with Crippen molar-refractivity contribution in [2.75, 3.05) is 43.2 Å². The molecule has 2 aliphatic heterocycles. The number of pyridine rings is 2. The van der Waals surface area contributed by atoms with Crippen LogP contribution in [0.15, 0.2) is 48.7 Å². The van der Waals surface area contributed by atoms with Crippen LogP contribution in [0.2, 0.25) is 0 Å². The van der Waals surface area contributed by atoms with Crippen LogP contribution in [0.5, 0.6) is 0 Å². The van der Waals surface area contributed by atoms with Gasteiger partial charge in [-0.2, -0.15) is 5.10 Å². The predicted octanol–water partition coefficient (Wildman–Crippen LogP) is 5.52. The first-order chi connectivity index (χ1) is 19.4. The minimum Gasteiger partial charge on any atom is -0.477 e. The summed E-state index contributed by atoms with van der Waals surface area (Å²) in [4.78, 5) is 26.2. The molecule has 2 fully saturated rings. The number of hydrogen-bond acceptors (Lipinski definition) is 7. The van der Waals surface area contributed by atoms with Crippen molar-refractivity contribution in [1.29, 1.82) is 0 Å². The number of carbonyl (C=O) groups is 1. The fraction of sp³-hybridized carbons (Fsp3) is 0.419. The van der Waals surface area contributed by atoms with Gasteiger partial charge >= 0.3 is 5.97 Å². The summed E-state index contributed by atoms with van der Waals surface area (Å²) in [5, 5.41) is 15.9. The Hall–Kier alpha value is -3.98. The van der Waals surface area contributed by atoms with E-state index in [2.05, 4.69) is 47.8 Å². The maximum atomic E-state index is 12.2. The third kappa shape index (κ3) is 4.90. The van der Waals surface area contributed by atoms with Crippen molar-refractivity contribution in [2.24, 2.45) is 0 Å². The standard InChI is InChI=1S/C31H36N6O3/c1-20(2)29-28-25(21-9-10-27(32-19-21)35(3)22-11-15-40-16-12-22)18-26(31(38)39)33-30(28)37(34-29)24-8-6-7-23(17-24)36-13-4-5-14-36/h6-10,17-20,22H,4-5,11-16H2,1-3H3,(H,38,39). The number of aromatic carboxylic acids is 1. The van der Waals surface area contributed by atoms with Crippen LogP contribution in [0.25, 0.3) is 27.8 Å². The molecular weight excluding hydrogens is 504 g/mol. The molecule has 0 saturated carbocycles. The molecule has 6 rings (SSSR count). The molecule has 0 radical (unpaired) electrons. The molecule has 1 N–H and O–H groups in total. The van der Waals surface area contributed by atoms with Crippen LogP contribution < -0.4 is 9.80 Å². The van der Waals surface area contributed by atoms with Crippen molar-refractivity contribution in [1.82, 2.24) is 19.7 Å². The highest BCUT2D eigenvalue weighted by molar-refractivity contribution is 6.00. The van der Waals surface area contributed by atoms with Gasteiger partial charge in [-0.25, -0.2) is 19.4 Å². The van der Waals surface area contributed by atoms with E-state index in [1.807, 2.05) is 30.5 Å². The first-order valence-electron chi connectivity index (χ1n) is 14.2. The topological polar surface area (TPSA) is 96.6 Å². The monoisotopic (exact) mass is 540 g/mol. The Morgan fingerprint density at radius 3 is 2.50 bits per heavy atom.